The lowest BCUT2D eigenvalue weighted by Gasteiger charge is -2.15. The highest BCUT2D eigenvalue weighted by Crippen LogP contribution is 2.37. The number of rotatable bonds is 9. The van der Waals surface area contributed by atoms with Gasteiger partial charge in [0.05, 0.1) is 25.3 Å². The number of furan rings is 1. The van der Waals surface area contributed by atoms with Crippen LogP contribution >= 0.6 is 22.9 Å². The van der Waals surface area contributed by atoms with E-state index in [1.807, 2.05) is 13.8 Å². The van der Waals surface area contributed by atoms with Crippen molar-refractivity contribution in [2.24, 2.45) is 5.92 Å². The zero-order chi connectivity index (χ0) is 23.3. The lowest BCUT2D eigenvalue weighted by Crippen LogP contribution is -2.18. The molecule has 0 bridgehead atoms. The van der Waals surface area contributed by atoms with Crippen LogP contribution in [0.15, 0.2) is 34.1 Å². The van der Waals surface area contributed by atoms with Gasteiger partial charge in [-0.15, -0.1) is 11.3 Å². The Hall–Kier alpha value is -3.04. The molecule has 0 radical (unpaired) electrons. The van der Waals surface area contributed by atoms with Crippen LogP contribution in [0.3, 0.4) is 0 Å². The fourth-order valence-electron chi connectivity index (χ4n) is 2.68. The third-order valence-electron chi connectivity index (χ3n) is 4.20. The van der Waals surface area contributed by atoms with Gasteiger partial charge >= 0.3 is 0 Å². The number of aromatic nitrogens is 1. The SMILES string of the molecule is COc1cc(C(=O)Nc2nc(-c3ccc(CNC(C)=O)o3)cs2)cc(Cl)c1OCC(C)C. The van der Waals surface area contributed by atoms with E-state index < -0.39 is 0 Å². The first kappa shape index (κ1) is 23.6. The van der Waals surface area contributed by atoms with Gasteiger partial charge in [-0.1, -0.05) is 25.4 Å². The second-order valence-electron chi connectivity index (χ2n) is 7.36. The fraction of sp³-hybridized carbons (Fsp3) is 0.318. The Kier molecular flexibility index (Phi) is 7.76. The third-order valence-corrected chi connectivity index (χ3v) is 5.24. The van der Waals surface area contributed by atoms with Crippen molar-refractivity contribution < 1.29 is 23.5 Å². The highest BCUT2D eigenvalue weighted by Gasteiger charge is 2.18. The second kappa shape index (κ2) is 10.5. The van der Waals surface area contributed by atoms with Crippen LogP contribution in [-0.2, 0) is 11.3 Å². The van der Waals surface area contributed by atoms with Crippen LogP contribution in [0.4, 0.5) is 5.13 Å². The smallest absolute Gasteiger partial charge is 0.257 e. The Morgan fingerprint density at radius 1 is 1.28 bits per heavy atom. The number of amides is 2. The van der Waals surface area contributed by atoms with Crippen LogP contribution in [0.2, 0.25) is 5.02 Å². The van der Waals surface area contributed by atoms with E-state index >= 15 is 0 Å². The average molecular weight is 478 g/mol. The van der Waals surface area contributed by atoms with E-state index in [1.165, 1.54) is 31.4 Å². The monoisotopic (exact) mass is 477 g/mol. The minimum absolute atomic E-state index is 0.141. The van der Waals surface area contributed by atoms with Crippen molar-refractivity contribution in [2.45, 2.75) is 27.3 Å². The van der Waals surface area contributed by atoms with E-state index in [2.05, 4.69) is 15.6 Å². The predicted molar refractivity (Wildman–Crippen MR) is 124 cm³/mol. The highest BCUT2D eigenvalue weighted by atomic mass is 35.5. The molecule has 0 fully saturated rings. The number of anilines is 1. The first-order chi connectivity index (χ1) is 15.3. The van der Waals surface area contributed by atoms with Gasteiger partial charge in [0, 0.05) is 17.9 Å². The Morgan fingerprint density at radius 2 is 2.06 bits per heavy atom. The molecule has 0 atom stereocenters. The molecule has 170 valence electrons. The third kappa shape index (κ3) is 6.02. The Morgan fingerprint density at radius 3 is 2.75 bits per heavy atom. The van der Waals surface area contributed by atoms with Crippen molar-refractivity contribution in [1.29, 1.82) is 0 Å². The van der Waals surface area contributed by atoms with Crippen LogP contribution < -0.4 is 20.1 Å². The topological polar surface area (TPSA) is 103 Å². The van der Waals surface area contributed by atoms with Gasteiger partial charge in [-0.25, -0.2) is 4.98 Å². The summed E-state index contributed by atoms with van der Waals surface area (Å²) < 4.78 is 16.8. The van der Waals surface area contributed by atoms with Crippen LogP contribution in [0.1, 0.15) is 36.9 Å². The average Bonchev–Trinajstić information content (AvgIpc) is 3.40. The molecule has 0 aliphatic carbocycles. The summed E-state index contributed by atoms with van der Waals surface area (Å²) in [5.41, 5.74) is 0.892. The fourth-order valence-corrected chi connectivity index (χ4v) is 3.64. The molecule has 3 rings (SSSR count). The summed E-state index contributed by atoms with van der Waals surface area (Å²) in [5, 5.41) is 7.89. The first-order valence-corrected chi connectivity index (χ1v) is 11.1. The number of carbonyl (C=O) groups excluding carboxylic acids is 2. The van der Waals surface area contributed by atoms with Crippen LogP contribution in [0.5, 0.6) is 11.5 Å². The van der Waals surface area contributed by atoms with Crippen LogP contribution in [0, 0.1) is 5.92 Å². The number of ether oxygens (including phenoxy) is 2. The van der Waals surface area contributed by atoms with Crippen molar-refractivity contribution in [3.8, 4) is 23.0 Å². The summed E-state index contributed by atoms with van der Waals surface area (Å²) >= 11 is 7.60. The van der Waals surface area contributed by atoms with E-state index in [0.717, 1.165) is 0 Å². The molecule has 8 nitrogen and oxygen atoms in total. The Labute approximate surface area is 194 Å². The van der Waals surface area contributed by atoms with E-state index in [9.17, 15) is 9.59 Å². The molecule has 0 aliphatic heterocycles. The van der Waals surface area contributed by atoms with Gasteiger partial charge in [-0.05, 0) is 30.2 Å². The van der Waals surface area contributed by atoms with Gasteiger partial charge < -0.3 is 19.2 Å². The van der Waals surface area contributed by atoms with Crippen molar-refractivity contribution in [2.75, 3.05) is 19.0 Å². The molecule has 0 aliphatic rings. The lowest BCUT2D eigenvalue weighted by atomic mass is 10.2. The van der Waals surface area contributed by atoms with Gasteiger partial charge in [0.1, 0.15) is 11.5 Å². The van der Waals surface area contributed by atoms with E-state index in [1.54, 1.807) is 23.6 Å². The maximum absolute atomic E-state index is 12.7. The number of nitrogens with zero attached hydrogens (tertiary/aromatic N) is 1. The molecule has 32 heavy (non-hydrogen) atoms. The molecule has 10 heteroatoms. The first-order valence-electron chi connectivity index (χ1n) is 9.87. The summed E-state index contributed by atoms with van der Waals surface area (Å²) in [6.45, 7) is 6.26. The molecular formula is C22H24ClN3O5S. The number of carbonyl (C=O) groups is 2. The van der Waals surface area contributed by atoms with E-state index in [-0.39, 0.29) is 16.8 Å². The van der Waals surface area contributed by atoms with Gasteiger partial charge in [0.15, 0.2) is 22.4 Å². The molecule has 2 aromatic heterocycles. The summed E-state index contributed by atoms with van der Waals surface area (Å²) in [6, 6.07) is 6.63. The summed E-state index contributed by atoms with van der Waals surface area (Å²) in [4.78, 5) is 28.2. The number of thiazole rings is 1. The predicted octanol–water partition coefficient (Wildman–Crippen LogP) is 4.99. The molecule has 2 N–H and O–H groups in total. The van der Waals surface area contributed by atoms with E-state index in [4.69, 9.17) is 25.5 Å². The minimum atomic E-state index is -0.382. The molecule has 0 unspecified atom stereocenters. The number of methoxy groups -OCH3 is 1. The van der Waals surface area contributed by atoms with E-state index in [0.29, 0.717) is 58.5 Å². The summed E-state index contributed by atoms with van der Waals surface area (Å²) in [5.74, 6) is 1.72. The zero-order valence-electron chi connectivity index (χ0n) is 18.2. The number of hydrogen-bond acceptors (Lipinski definition) is 7. The van der Waals surface area contributed by atoms with Gasteiger partial charge in [-0.2, -0.15) is 0 Å². The largest absolute Gasteiger partial charge is 0.493 e. The maximum Gasteiger partial charge on any atom is 0.257 e. The quantitative estimate of drug-likeness (QED) is 0.450. The molecular weight excluding hydrogens is 454 g/mol. The van der Waals surface area contributed by atoms with Crippen molar-refractivity contribution >= 4 is 39.9 Å². The Bertz CT molecular complexity index is 1110. The van der Waals surface area contributed by atoms with Gasteiger partial charge in [0.25, 0.3) is 5.91 Å². The molecule has 3 aromatic rings. The normalized spacial score (nSPS) is 10.8. The van der Waals surface area contributed by atoms with Crippen LogP contribution in [-0.4, -0.2) is 30.5 Å². The second-order valence-corrected chi connectivity index (χ2v) is 8.63. The van der Waals surface area contributed by atoms with Crippen molar-refractivity contribution in [3.63, 3.8) is 0 Å². The maximum atomic E-state index is 12.7. The zero-order valence-corrected chi connectivity index (χ0v) is 19.7. The number of benzene rings is 1. The number of nitrogens with one attached hydrogen (secondary N) is 2. The van der Waals surface area contributed by atoms with Crippen molar-refractivity contribution in [1.82, 2.24) is 10.3 Å². The standard InChI is InChI=1S/C22H24ClN3O5S/c1-12(2)10-30-20-16(23)7-14(8-19(20)29-4)21(28)26-22-25-17(11-32-22)18-6-5-15(31-18)9-24-13(3)27/h5-8,11-12H,9-10H2,1-4H3,(H,24,27)(H,25,26,28). The molecule has 0 saturated heterocycles. The molecule has 2 amide bonds. The van der Waals surface area contributed by atoms with Gasteiger partial charge in [0.2, 0.25) is 5.91 Å². The summed E-state index contributed by atoms with van der Waals surface area (Å²) in [6.07, 6.45) is 0. The molecule has 0 spiro atoms. The molecule has 1 aromatic carbocycles. The highest BCUT2D eigenvalue weighted by molar-refractivity contribution is 7.14. The molecule has 0 saturated carbocycles. The molecule has 2 heterocycles. The van der Waals surface area contributed by atoms with Crippen molar-refractivity contribution in [3.05, 3.63) is 46.0 Å². The lowest BCUT2D eigenvalue weighted by molar-refractivity contribution is -0.119. The minimum Gasteiger partial charge on any atom is -0.493 e. The Balaban J connectivity index is 1.71. The number of hydrogen-bond donors (Lipinski definition) is 2. The summed E-state index contributed by atoms with van der Waals surface area (Å²) in [7, 11) is 1.49. The van der Waals surface area contributed by atoms with Crippen LogP contribution in [0.25, 0.3) is 11.5 Å². The van der Waals surface area contributed by atoms with Gasteiger partial charge in [-0.3, -0.25) is 14.9 Å². The number of halogens is 1.